The number of piperidine rings is 1. The zero-order valence-corrected chi connectivity index (χ0v) is 14.4. The van der Waals surface area contributed by atoms with Crippen LogP contribution in [0.15, 0.2) is 18.2 Å². The van der Waals surface area contributed by atoms with Gasteiger partial charge in [-0.2, -0.15) is 0 Å². The SMILES string of the molecule is Cc1ccc(C(=O)N2CCC(CN3CCOCC3)CC2)cc1C. The summed E-state index contributed by atoms with van der Waals surface area (Å²) in [6, 6.07) is 6.04. The molecule has 0 aliphatic carbocycles. The first kappa shape index (κ1) is 16.5. The Labute approximate surface area is 139 Å². The van der Waals surface area contributed by atoms with E-state index in [1.54, 1.807) is 0 Å². The summed E-state index contributed by atoms with van der Waals surface area (Å²) in [6.45, 7) is 10.9. The minimum absolute atomic E-state index is 0.193. The van der Waals surface area contributed by atoms with Crippen molar-refractivity contribution >= 4 is 5.91 Å². The zero-order valence-electron chi connectivity index (χ0n) is 14.4. The smallest absolute Gasteiger partial charge is 0.253 e. The number of ether oxygens (including phenoxy) is 1. The van der Waals surface area contributed by atoms with E-state index >= 15 is 0 Å². The number of likely N-dealkylation sites (tertiary alicyclic amines) is 1. The molecule has 0 N–H and O–H groups in total. The lowest BCUT2D eigenvalue weighted by molar-refractivity contribution is 0.0243. The van der Waals surface area contributed by atoms with Crippen LogP contribution >= 0.6 is 0 Å². The highest BCUT2D eigenvalue weighted by atomic mass is 16.5. The Morgan fingerprint density at radius 3 is 2.43 bits per heavy atom. The van der Waals surface area contributed by atoms with Gasteiger partial charge in [0.05, 0.1) is 13.2 Å². The van der Waals surface area contributed by atoms with Crippen LogP contribution in [-0.2, 0) is 4.74 Å². The van der Waals surface area contributed by atoms with E-state index in [1.165, 1.54) is 11.1 Å². The van der Waals surface area contributed by atoms with Crippen LogP contribution in [0.3, 0.4) is 0 Å². The number of nitrogens with zero attached hydrogens (tertiary/aromatic N) is 2. The van der Waals surface area contributed by atoms with Crippen LogP contribution in [0.5, 0.6) is 0 Å². The third-order valence-electron chi connectivity index (χ3n) is 5.28. The second-order valence-electron chi connectivity index (χ2n) is 6.95. The number of benzene rings is 1. The van der Waals surface area contributed by atoms with Crippen LogP contribution in [-0.4, -0.2) is 61.6 Å². The fourth-order valence-corrected chi connectivity index (χ4v) is 3.52. The number of morpholine rings is 1. The van der Waals surface area contributed by atoms with Gasteiger partial charge in [0, 0.05) is 38.3 Å². The van der Waals surface area contributed by atoms with E-state index in [-0.39, 0.29) is 5.91 Å². The van der Waals surface area contributed by atoms with Crippen LogP contribution in [0, 0.1) is 19.8 Å². The van der Waals surface area contributed by atoms with E-state index in [0.717, 1.165) is 70.3 Å². The lowest BCUT2D eigenvalue weighted by Gasteiger charge is -2.36. The van der Waals surface area contributed by atoms with Gasteiger partial charge in [-0.15, -0.1) is 0 Å². The van der Waals surface area contributed by atoms with Gasteiger partial charge in [-0.05, 0) is 55.9 Å². The normalized spacial score (nSPS) is 20.7. The molecule has 2 aliphatic rings. The average molecular weight is 316 g/mol. The molecule has 0 bridgehead atoms. The van der Waals surface area contributed by atoms with Gasteiger partial charge in [0.15, 0.2) is 0 Å². The average Bonchev–Trinajstić information content (AvgIpc) is 2.58. The van der Waals surface area contributed by atoms with Gasteiger partial charge in [0.2, 0.25) is 0 Å². The molecule has 2 heterocycles. The summed E-state index contributed by atoms with van der Waals surface area (Å²) in [7, 11) is 0. The monoisotopic (exact) mass is 316 g/mol. The van der Waals surface area contributed by atoms with E-state index in [4.69, 9.17) is 4.74 Å². The molecule has 3 rings (SSSR count). The molecule has 0 radical (unpaired) electrons. The van der Waals surface area contributed by atoms with Gasteiger partial charge in [-0.3, -0.25) is 9.69 Å². The van der Waals surface area contributed by atoms with Gasteiger partial charge in [-0.1, -0.05) is 6.07 Å². The molecule has 23 heavy (non-hydrogen) atoms. The third kappa shape index (κ3) is 4.12. The Morgan fingerprint density at radius 1 is 1.09 bits per heavy atom. The number of carbonyl (C=O) groups excluding carboxylic acids is 1. The largest absolute Gasteiger partial charge is 0.379 e. The van der Waals surface area contributed by atoms with Gasteiger partial charge >= 0.3 is 0 Å². The summed E-state index contributed by atoms with van der Waals surface area (Å²) >= 11 is 0. The molecule has 0 unspecified atom stereocenters. The number of rotatable bonds is 3. The van der Waals surface area contributed by atoms with Crippen molar-refractivity contribution in [2.75, 3.05) is 45.9 Å². The fourth-order valence-electron chi connectivity index (χ4n) is 3.52. The van der Waals surface area contributed by atoms with E-state index in [9.17, 15) is 4.79 Å². The lowest BCUT2D eigenvalue weighted by Crippen LogP contribution is -2.44. The number of amides is 1. The van der Waals surface area contributed by atoms with Crippen molar-refractivity contribution in [2.45, 2.75) is 26.7 Å². The minimum atomic E-state index is 0.193. The van der Waals surface area contributed by atoms with Crippen LogP contribution in [0.2, 0.25) is 0 Å². The standard InChI is InChI=1S/C19H28N2O2/c1-15-3-4-18(13-16(15)2)19(22)21-7-5-17(6-8-21)14-20-9-11-23-12-10-20/h3-4,13,17H,5-12,14H2,1-2H3. The highest BCUT2D eigenvalue weighted by Gasteiger charge is 2.25. The molecule has 2 aliphatic heterocycles. The Morgan fingerprint density at radius 2 is 1.78 bits per heavy atom. The molecule has 4 heteroatoms. The van der Waals surface area contributed by atoms with E-state index in [2.05, 4.69) is 18.7 Å². The number of aryl methyl sites for hydroxylation is 2. The van der Waals surface area contributed by atoms with Crippen molar-refractivity contribution in [3.63, 3.8) is 0 Å². The molecule has 2 saturated heterocycles. The van der Waals surface area contributed by atoms with Gasteiger partial charge in [0.25, 0.3) is 5.91 Å². The highest BCUT2D eigenvalue weighted by molar-refractivity contribution is 5.94. The topological polar surface area (TPSA) is 32.8 Å². The summed E-state index contributed by atoms with van der Waals surface area (Å²) in [5.74, 6) is 0.912. The molecule has 0 spiro atoms. The molecular formula is C19H28N2O2. The summed E-state index contributed by atoms with van der Waals surface area (Å²) in [4.78, 5) is 17.2. The second kappa shape index (κ2) is 7.45. The molecule has 2 fully saturated rings. The summed E-state index contributed by atoms with van der Waals surface area (Å²) in [6.07, 6.45) is 2.24. The van der Waals surface area contributed by atoms with Gasteiger partial charge in [0.1, 0.15) is 0 Å². The predicted octanol–water partition coefficient (Wildman–Crippen LogP) is 2.49. The Hall–Kier alpha value is -1.39. The maximum Gasteiger partial charge on any atom is 0.253 e. The lowest BCUT2D eigenvalue weighted by atomic mass is 9.95. The first-order valence-corrected chi connectivity index (χ1v) is 8.80. The number of carbonyl (C=O) groups is 1. The maximum atomic E-state index is 12.7. The molecular weight excluding hydrogens is 288 g/mol. The molecule has 126 valence electrons. The number of hydrogen-bond donors (Lipinski definition) is 0. The van der Waals surface area contributed by atoms with Crippen molar-refractivity contribution in [1.29, 1.82) is 0 Å². The summed E-state index contributed by atoms with van der Waals surface area (Å²) < 4.78 is 5.41. The maximum absolute atomic E-state index is 12.7. The summed E-state index contributed by atoms with van der Waals surface area (Å²) in [5.41, 5.74) is 3.27. The quantitative estimate of drug-likeness (QED) is 0.859. The zero-order chi connectivity index (χ0) is 16.2. The van der Waals surface area contributed by atoms with Crippen LogP contribution < -0.4 is 0 Å². The van der Waals surface area contributed by atoms with Crippen LogP contribution in [0.4, 0.5) is 0 Å². The van der Waals surface area contributed by atoms with E-state index in [0.29, 0.717) is 0 Å². The van der Waals surface area contributed by atoms with Crippen LogP contribution in [0.1, 0.15) is 34.3 Å². The van der Waals surface area contributed by atoms with E-state index < -0.39 is 0 Å². The Bertz CT molecular complexity index is 544. The molecule has 1 aromatic carbocycles. The van der Waals surface area contributed by atoms with Gasteiger partial charge in [-0.25, -0.2) is 0 Å². The minimum Gasteiger partial charge on any atom is -0.379 e. The third-order valence-corrected chi connectivity index (χ3v) is 5.28. The molecule has 0 saturated carbocycles. The second-order valence-corrected chi connectivity index (χ2v) is 6.95. The first-order chi connectivity index (χ1) is 11.1. The summed E-state index contributed by atoms with van der Waals surface area (Å²) in [5, 5.41) is 0. The predicted molar refractivity (Wildman–Crippen MR) is 91.8 cm³/mol. The van der Waals surface area contributed by atoms with E-state index in [1.807, 2.05) is 23.1 Å². The number of hydrogen-bond acceptors (Lipinski definition) is 3. The van der Waals surface area contributed by atoms with Crippen molar-refractivity contribution in [3.05, 3.63) is 34.9 Å². The molecule has 4 nitrogen and oxygen atoms in total. The van der Waals surface area contributed by atoms with Crippen molar-refractivity contribution in [3.8, 4) is 0 Å². The fraction of sp³-hybridized carbons (Fsp3) is 0.632. The molecule has 1 aromatic rings. The van der Waals surface area contributed by atoms with Crippen LogP contribution in [0.25, 0.3) is 0 Å². The van der Waals surface area contributed by atoms with Gasteiger partial charge < -0.3 is 9.64 Å². The highest BCUT2D eigenvalue weighted by Crippen LogP contribution is 2.21. The first-order valence-electron chi connectivity index (χ1n) is 8.80. The van der Waals surface area contributed by atoms with Crippen molar-refractivity contribution in [2.24, 2.45) is 5.92 Å². The Balaban J connectivity index is 1.51. The van der Waals surface area contributed by atoms with Crippen molar-refractivity contribution < 1.29 is 9.53 Å². The Kier molecular flexibility index (Phi) is 5.34. The molecule has 0 aromatic heterocycles. The molecule has 0 atom stereocenters. The van der Waals surface area contributed by atoms with Crippen molar-refractivity contribution in [1.82, 2.24) is 9.80 Å². The molecule has 1 amide bonds.